The molecule has 0 radical (unpaired) electrons. The zero-order valence-electron chi connectivity index (χ0n) is 19.1. The lowest BCUT2D eigenvalue weighted by molar-refractivity contribution is -0.0718. The van der Waals surface area contributed by atoms with Crippen LogP contribution in [0.4, 0.5) is 0 Å². The Labute approximate surface area is 186 Å². The molecule has 1 saturated heterocycles. The molecule has 0 amide bonds. The second-order valence-electron chi connectivity index (χ2n) is 10.7. The van der Waals surface area contributed by atoms with Crippen LogP contribution in [-0.4, -0.2) is 57.0 Å². The Hall–Kier alpha value is -1.34. The van der Waals surface area contributed by atoms with Crippen LogP contribution >= 0.6 is 0 Å². The van der Waals surface area contributed by atoms with E-state index in [-0.39, 0.29) is 12.6 Å². The lowest BCUT2D eigenvalue weighted by Crippen LogP contribution is -2.52. The molecule has 2 atom stereocenters. The predicted octanol–water partition coefficient (Wildman–Crippen LogP) is 2.98. The highest BCUT2D eigenvalue weighted by molar-refractivity contribution is 5.43. The summed E-state index contributed by atoms with van der Waals surface area (Å²) in [5.41, 5.74) is 8.52. The van der Waals surface area contributed by atoms with E-state index in [0.29, 0.717) is 11.3 Å². The van der Waals surface area contributed by atoms with Gasteiger partial charge in [0.2, 0.25) is 0 Å². The Morgan fingerprint density at radius 1 is 1.06 bits per heavy atom. The number of hydrogen-bond donors (Lipinski definition) is 3. The zero-order chi connectivity index (χ0) is 21.4. The quantitative estimate of drug-likeness (QED) is 0.561. The minimum absolute atomic E-state index is 0.179. The van der Waals surface area contributed by atoms with Crippen molar-refractivity contribution in [3.05, 3.63) is 23.8 Å². The van der Waals surface area contributed by atoms with Crippen LogP contribution in [0.2, 0.25) is 0 Å². The fraction of sp³-hybridized carbons (Fsp3) is 0.760. The summed E-state index contributed by atoms with van der Waals surface area (Å²) in [5.74, 6) is 4.99. The Bertz CT molecular complexity index is 735. The molecule has 2 unspecified atom stereocenters. The van der Waals surface area contributed by atoms with Crippen molar-refractivity contribution >= 4 is 0 Å². The molecule has 31 heavy (non-hydrogen) atoms. The molecule has 1 aromatic carbocycles. The maximum absolute atomic E-state index is 9.84. The Morgan fingerprint density at radius 3 is 2.39 bits per heavy atom. The number of hydrogen-bond acceptors (Lipinski definition) is 6. The van der Waals surface area contributed by atoms with Gasteiger partial charge in [0.25, 0.3) is 0 Å². The minimum Gasteiger partial charge on any atom is -0.497 e. The van der Waals surface area contributed by atoms with E-state index in [2.05, 4.69) is 21.8 Å². The number of benzene rings is 1. The van der Waals surface area contributed by atoms with Gasteiger partial charge < -0.3 is 19.5 Å². The van der Waals surface area contributed by atoms with Crippen LogP contribution in [0.25, 0.3) is 0 Å². The average molecular weight is 430 g/mol. The summed E-state index contributed by atoms with van der Waals surface area (Å²) in [6.07, 6.45) is 8.69. The summed E-state index contributed by atoms with van der Waals surface area (Å²) >= 11 is 0. The molecule has 5 fully saturated rings. The Kier molecular flexibility index (Phi) is 6.17. The summed E-state index contributed by atoms with van der Waals surface area (Å²) in [6, 6.07) is 6.27. The van der Waals surface area contributed by atoms with Gasteiger partial charge in [0.15, 0.2) is 0 Å². The van der Waals surface area contributed by atoms with E-state index in [4.69, 9.17) is 9.47 Å². The number of methoxy groups -OCH3 is 2. The van der Waals surface area contributed by atoms with Gasteiger partial charge in [0, 0.05) is 43.7 Å². The third-order valence-corrected chi connectivity index (χ3v) is 8.50. The summed E-state index contributed by atoms with van der Waals surface area (Å²) in [7, 11) is 3.41. The molecule has 6 nitrogen and oxygen atoms in total. The van der Waals surface area contributed by atoms with Gasteiger partial charge in [-0.1, -0.05) is 6.07 Å². The average Bonchev–Trinajstić information content (AvgIpc) is 3.20. The van der Waals surface area contributed by atoms with Crippen molar-refractivity contribution in [1.29, 1.82) is 0 Å². The van der Waals surface area contributed by atoms with Crippen molar-refractivity contribution in [2.45, 2.75) is 44.6 Å². The minimum atomic E-state index is 0.179. The van der Waals surface area contributed by atoms with Crippen molar-refractivity contribution in [2.75, 3.05) is 47.0 Å². The molecule has 0 aromatic heterocycles. The van der Waals surface area contributed by atoms with Crippen LogP contribution in [0.5, 0.6) is 11.5 Å². The summed E-state index contributed by atoms with van der Waals surface area (Å²) in [6.45, 7) is 4.06. The van der Waals surface area contributed by atoms with Crippen molar-refractivity contribution in [2.24, 2.45) is 29.1 Å². The zero-order valence-corrected chi connectivity index (χ0v) is 19.1. The fourth-order valence-electron chi connectivity index (χ4n) is 7.78. The molecule has 1 aromatic rings. The van der Waals surface area contributed by atoms with E-state index in [1.54, 1.807) is 14.2 Å². The number of nitrogens with one attached hydrogen (secondary N) is 2. The van der Waals surface area contributed by atoms with E-state index in [1.807, 2.05) is 12.1 Å². The van der Waals surface area contributed by atoms with Gasteiger partial charge in [-0.3, -0.25) is 5.43 Å². The van der Waals surface area contributed by atoms with Gasteiger partial charge in [0.05, 0.1) is 26.9 Å². The standard InChI is InChI=1S/C25H39N3O3/c1-30-21-3-4-22(23(10-21)31-2)24-20(14-26-27-24)15-28(5-6-29)16-25-11-17-7-18(12-25)9-19(8-17)13-25/h3-4,10,17-20,24,26-27,29H,5-9,11-16H2,1-2H3. The van der Waals surface area contributed by atoms with E-state index in [0.717, 1.165) is 61.0 Å². The Balaban J connectivity index is 1.31. The maximum atomic E-state index is 9.84. The van der Waals surface area contributed by atoms with Crippen molar-refractivity contribution in [1.82, 2.24) is 15.8 Å². The van der Waals surface area contributed by atoms with Crippen molar-refractivity contribution in [3.63, 3.8) is 0 Å². The van der Waals surface area contributed by atoms with E-state index in [1.165, 1.54) is 38.5 Å². The molecule has 6 heteroatoms. The van der Waals surface area contributed by atoms with Crippen LogP contribution in [0.3, 0.4) is 0 Å². The third kappa shape index (κ3) is 4.32. The molecule has 6 rings (SSSR count). The number of aliphatic hydroxyl groups excluding tert-OH is 1. The second kappa shape index (κ2) is 8.89. The molecule has 4 saturated carbocycles. The number of rotatable bonds is 9. The molecule has 172 valence electrons. The third-order valence-electron chi connectivity index (χ3n) is 8.50. The number of nitrogens with zero attached hydrogens (tertiary/aromatic N) is 1. The van der Waals surface area contributed by atoms with Gasteiger partial charge in [0.1, 0.15) is 11.5 Å². The molecule has 5 aliphatic rings. The molecule has 3 N–H and O–H groups in total. The molecule has 0 spiro atoms. The van der Waals surface area contributed by atoms with Crippen molar-refractivity contribution in [3.8, 4) is 11.5 Å². The van der Waals surface area contributed by atoms with Gasteiger partial charge in [-0.15, -0.1) is 0 Å². The first-order valence-electron chi connectivity index (χ1n) is 12.1. The highest BCUT2D eigenvalue weighted by Crippen LogP contribution is 2.60. The van der Waals surface area contributed by atoms with Crippen LogP contribution in [0.1, 0.15) is 50.1 Å². The number of aliphatic hydroxyl groups is 1. The van der Waals surface area contributed by atoms with E-state index in [9.17, 15) is 5.11 Å². The molecule has 4 bridgehead atoms. The SMILES string of the molecule is COc1ccc(C2NNCC2CN(CCO)CC23CC4CC(CC(C4)C2)C3)c(OC)c1. The lowest BCUT2D eigenvalue weighted by Gasteiger charge is -2.58. The van der Waals surface area contributed by atoms with Gasteiger partial charge in [-0.2, -0.15) is 0 Å². The summed E-state index contributed by atoms with van der Waals surface area (Å²) in [5, 5.41) is 9.84. The fourth-order valence-corrected chi connectivity index (χ4v) is 7.78. The summed E-state index contributed by atoms with van der Waals surface area (Å²) in [4.78, 5) is 2.56. The van der Waals surface area contributed by atoms with Crippen molar-refractivity contribution < 1.29 is 14.6 Å². The molecule has 4 aliphatic carbocycles. The Morgan fingerprint density at radius 2 is 1.77 bits per heavy atom. The maximum Gasteiger partial charge on any atom is 0.127 e. The van der Waals surface area contributed by atoms with Gasteiger partial charge in [-0.05, 0) is 67.8 Å². The summed E-state index contributed by atoms with van der Waals surface area (Å²) < 4.78 is 11.1. The van der Waals surface area contributed by atoms with Crippen LogP contribution in [-0.2, 0) is 0 Å². The first-order chi connectivity index (χ1) is 15.1. The number of ether oxygens (including phenoxy) is 2. The van der Waals surface area contributed by atoms with Crippen LogP contribution in [0.15, 0.2) is 18.2 Å². The topological polar surface area (TPSA) is 66.0 Å². The molecule has 1 heterocycles. The normalized spacial score (nSPS) is 36.3. The molecular formula is C25H39N3O3. The first-order valence-corrected chi connectivity index (χ1v) is 12.1. The highest BCUT2D eigenvalue weighted by atomic mass is 16.5. The van der Waals surface area contributed by atoms with E-state index >= 15 is 0 Å². The molecule has 1 aliphatic heterocycles. The second-order valence-corrected chi connectivity index (χ2v) is 10.7. The monoisotopic (exact) mass is 429 g/mol. The van der Waals surface area contributed by atoms with Gasteiger partial charge in [-0.25, -0.2) is 5.43 Å². The van der Waals surface area contributed by atoms with Crippen LogP contribution < -0.4 is 20.3 Å². The predicted molar refractivity (Wildman–Crippen MR) is 121 cm³/mol. The number of hydrazine groups is 1. The van der Waals surface area contributed by atoms with Crippen LogP contribution in [0, 0.1) is 29.1 Å². The largest absolute Gasteiger partial charge is 0.497 e. The smallest absolute Gasteiger partial charge is 0.127 e. The van der Waals surface area contributed by atoms with E-state index < -0.39 is 0 Å². The highest BCUT2D eigenvalue weighted by Gasteiger charge is 2.51. The first kappa shape index (κ1) is 21.5. The molecular weight excluding hydrogens is 390 g/mol. The lowest BCUT2D eigenvalue weighted by atomic mass is 9.49. The van der Waals surface area contributed by atoms with Gasteiger partial charge >= 0.3 is 0 Å².